The van der Waals surface area contributed by atoms with Crippen LogP contribution in [0, 0.1) is 39.9 Å². The number of piperidine rings is 1. The van der Waals surface area contributed by atoms with E-state index in [4.69, 9.17) is 0 Å². The summed E-state index contributed by atoms with van der Waals surface area (Å²) in [7, 11) is 6.39. The standard InChI is InChI=1S/C29H47N3O/c1-18(2)25(30-4)26(33)32(6)20-9-12-27(3)19(15-20)7-8-21-22(27)10-14-29-17-31(5)24-16-28(24,29)13-11-23(21)29/h7,18,20-25,30H,8-17H2,1-6H3/t20-,21+,22?,23-,24-,25+,27?,28-,29+/m0/s1. The number of nitrogens with zero attached hydrogens (tertiary/aromatic N) is 2. The molecule has 5 aliphatic carbocycles. The van der Waals surface area contributed by atoms with Crippen LogP contribution in [0.3, 0.4) is 0 Å². The summed E-state index contributed by atoms with van der Waals surface area (Å²) in [5.74, 6) is 3.33. The molecule has 4 heteroatoms. The molecule has 6 aliphatic rings. The monoisotopic (exact) mass is 453 g/mol. The molecular weight excluding hydrogens is 406 g/mol. The van der Waals surface area contributed by atoms with E-state index in [-0.39, 0.29) is 11.9 Å². The molecule has 0 aromatic carbocycles. The van der Waals surface area contributed by atoms with Crippen LogP contribution in [0.4, 0.5) is 0 Å². The van der Waals surface area contributed by atoms with Gasteiger partial charge in [-0.3, -0.25) is 4.79 Å². The molecule has 2 spiro atoms. The maximum absolute atomic E-state index is 13.2. The van der Waals surface area contributed by atoms with E-state index in [1.165, 1.54) is 57.9 Å². The SMILES string of the molecule is CN[C@@H](C(=O)N(C)[C@H]1CCC2(C)C(=CC[C@@H]3C2CC[C@]24CN(C)[C@H]5C[C@@]52CC[C@@H]34)C1)C(C)C. The molecule has 184 valence electrons. The molecule has 9 atom stereocenters. The molecular formula is C29H47N3O. The number of nitrogens with one attached hydrogen (secondary N) is 1. The van der Waals surface area contributed by atoms with Gasteiger partial charge in [0.25, 0.3) is 0 Å². The number of hydrogen-bond acceptors (Lipinski definition) is 3. The molecule has 0 bridgehead atoms. The highest BCUT2D eigenvalue weighted by Crippen LogP contribution is 2.80. The normalized spacial score (nSPS) is 48.8. The van der Waals surface area contributed by atoms with Crippen molar-refractivity contribution >= 4 is 5.91 Å². The first-order valence-corrected chi connectivity index (χ1v) is 14.0. The van der Waals surface area contributed by atoms with Gasteiger partial charge in [0.05, 0.1) is 6.04 Å². The summed E-state index contributed by atoms with van der Waals surface area (Å²) in [5.41, 5.74) is 3.43. The van der Waals surface area contributed by atoms with Crippen molar-refractivity contribution in [2.24, 2.45) is 39.9 Å². The Kier molecular flexibility index (Phi) is 5.01. The number of carbonyl (C=O) groups excluding carboxylic acids is 1. The zero-order chi connectivity index (χ0) is 23.3. The number of rotatable bonds is 4. The van der Waals surface area contributed by atoms with Gasteiger partial charge in [0.15, 0.2) is 0 Å². The third kappa shape index (κ3) is 2.80. The van der Waals surface area contributed by atoms with E-state index in [1.807, 2.05) is 7.05 Å². The lowest BCUT2D eigenvalue weighted by Crippen LogP contribution is -2.55. The highest BCUT2D eigenvalue weighted by molar-refractivity contribution is 5.82. The van der Waals surface area contributed by atoms with Crippen molar-refractivity contribution < 1.29 is 4.79 Å². The predicted molar refractivity (Wildman–Crippen MR) is 134 cm³/mol. The summed E-state index contributed by atoms with van der Waals surface area (Å²) in [4.78, 5) is 18.0. The second-order valence-corrected chi connectivity index (χ2v) is 13.6. The number of likely N-dealkylation sites (N-methyl/N-ethyl adjacent to an activating group) is 2. The Bertz CT molecular complexity index is 867. The van der Waals surface area contributed by atoms with Gasteiger partial charge in [0, 0.05) is 25.7 Å². The van der Waals surface area contributed by atoms with Gasteiger partial charge in [-0.05, 0) is 112 Å². The average molecular weight is 454 g/mol. The lowest BCUT2D eigenvalue weighted by atomic mass is 9.46. The Hall–Kier alpha value is -0.870. The minimum absolute atomic E-state index is 0.0759. The third-order valence-electron chi connectivity index (χ3n) is 12.4. The fourth-order valence-electron chi connectivity index (χ4n) is 10.7. The molecule has 5 fully saturated rings. The maximum Gasteiger partial charge on any atom is 0.239 e. The Labute approximate surface area is 201 Å². The highest BCUT2D eigenvalue weighted by atomic mass is 16.2. The molecule has 0 radical (unpaired) electrons. The number of amides is 1. The molecule has 6 rings (SSSR count). The van der Waals surface area contributed by atoms with Crippen LogP contribution in [-0.4, -0.2) is 61.5 Å². The smallest absolute Gasteiger partial charge is 0.239 e. The molecule has 2 unspecified atom stereocenters. The Morgan fingerprint density at radius 1 is 1.15 bits per heavy atom. The van der Waals surface area contributed by atoms with E-state index in [1.54, 1.807) is 5.57 Å². The lowest BCUT2D eigenvalue weighted by molar-refractivity contribution is -0.136. The van der Waals surface area contributed by atoms with Crippen molar-refractivity contribution in [2.75, 3.05) is 27.7 Å². The van der Waals surface area contributed by atoms with E-state index < -0.39 is 0 Å². The van der Waals surface area contributed by atoms with Crippen LogP contribution in [0.5, 0.6) is 0 Å². The highest BCUT2D eigenvalue weighted by Gasteiger charge is 2.78. The molecule has 0 aromatic heterocycles. The van der Waals surface area contributed by atoms with Gasteiger partial charge in [0.1, 0.15) is 0 Å². The molecule has 1 heterocycles. The van der Waals surface area contributed by atoms with Crippen molar-refractivity contribution in [3.63, 3.8) is 0 Å². The maximum atomic E-state index is 13.2. The Balaban J connectivity index is 1.22. The average Bonchev–Trinajstić information content (AvgIpc) is 3.37. The van der Waals surface area contributed by atoms with Gasteiger partial charge < -0.3 is 15.1 Å². The van der Waals surface area contributed by atoms with Gasteiger partial charge in [-0.15, -0.1) is 0 Å². The molecule has 4 nitrogen and oxygen atoms in total. The van der Waals surface area contributed by atoms with Crippen LogP contribution in [0.1, 0.15) is 78.6 Å². The van der Waals surface area contributed by atoms with E-state index in [0.29, 0.717) is 28.2 Å². The Morgan fingerprint density at radius 2 is 1.88 bits per heavy atom. The second-order valence-electron chi connectivity index (χ2n) is 13.6. The minimum Gasteiger partial charge on any atom is -0.341 e. The first-order chi connectivity index (χ1) is 15.7. The van der Waals surface area contributed by atoms with E-state index in [2.05, 4.69) is 56.1 Å². The van der Waals surface area contributed by atoms with Crippen molar-refractivity contribution in [3.8, 4) is 0 Å². The molecule has 4 saturated carbocycles. The van der Waals surface area contributed by atoms with Gasteiger partial charge in [-0.2, -0.15) is 0 Å². The van der Waals surface area contributed by atoms with Crippen molar-refractivity contribution in [2.45, 2.75) is 96.7 Å². The van der Waals surface area contributed by atoms with Crippen LogP contribution >= 0.6 is 0 Å². The topological polar surface area (TPSA) is 35.6 Å². The summed E-state index contributed by atoms with van der Waals surface area (Å²) in [6.07, 6.45) is 15.0. The van der Waals surface area contributed by atoms with Crippen molar-refractivity contribution in [1.82, 2.24) is 15.1 Å². The fraction of sp³-hybridized carbons (Fsp3) is 0.897. The van der Waals surface area contributed by atoms with E-state index >= 15 is 0 Å². The minimum atomic E-state index is -0.0759. The van der Waals surface area contributed by atoms with Gasteiger partial charge in [-0.25, -0.2) is 0 Å². The summed E-state index contributed by atoms with van der Waals surface area (Å²) < 4.78 is 0. The summed E-state index contributed by atoms with van der Waals surface area (Å²) in [5, 5.41) is 3.26. The molecule has 1 N–H and O–H groups in total. The van der Waals surface area contributed by atoms with Crippen LogP contribution in [0.25, 0.3) is 0 Å². The number of fused-ring (bicyclic) bond motifs is 4. The van der Waals surface area contributed by atoms with Gasteiger partial charge >= 0.3 is 0 Å². The summed E-state index contributed by atoms with van der Waals surface area (Å²) >= 11 is 0. The molecule has 33 heavy (non-hydrogen) atoms. The van der Waals surface area contributed by atoms with Crippen LogP contribution in [0.15, 0.2) is 11.6 Å². The molecule has 0 aromatic rings. The zero-order valence-corrected chi connectivity index (χ0v) is 22.0. The van der Waals surface area contributed by atoms with Gasteiger partial charge in [-0.1, -0.05) is 32.4 Å². The third-order valence-corrected chi connectivity index (χ3v) is 12.4. The summed E-state index contributed by atoms with van der Waals surface area (Å²) in [6.45, 7) is 8.28. The Morgan fingerprint density at radius 3 is 2.58 bits per heavy atom. The first-order valence-electron chi connectivity index (χ1n) is 14.0. The van der Waals surface area contributed by atoms with Crippen molar-refractivity contribution in [1.29, 1.82) is 0 Å². The van der Waals surface area contributed by atoms with Crippen LogP contribution in [0.2, 0.25) is 0 Å². The lowest BCUT2D eigenvalue weighted by Gasteiger charge is -2.59. The number of carbonyl (C=O) groups is 1. The van der Waals surface area contributed by atoms with Crippen LogP contribution < -0.4 is 5.32 Å². The van der Waals surface area contributed by atoms with E-state index in [0.717, 1.165) is 30.2 Å². The second kappa shape index (κ2) is 7.32. The largest absolute Gasteiger partial charge is 0.341 e. The number of likely N-dealkylation sites (tertiary alicyclic amines) is 1. The summed E-state index contributed by atoms with van der Waals surface area (Å²) in [6, 6.07) is 1.21. The first kappa shape index (κ1) is 22.6. The zero-order valence-electron chi connectivity index (χ0n) is 22.0. The molecule has 1 saturated heterocycles. The number of hydrogen-bond donors (Lipinski definition) is 1. The fourth-order valence-corrected chi connectivity index (χ4v) is 10.7. The molecule has 1 aliphatic heterocycles. The van der Waals surface area contributed by atoms with E-state index in [9.17, 15) is 4.79 Å². The van der Waals surface area contributed by atoms with Crippen LogP contribution in [-0.2, 0) is 4.79 Å². The van der Waals surface area contributed by atoms with Crippen molar-refractivity contribution in [3.05, 3.63) is 11.6 Å². The quantitative estimate of drug-likeness (QED) is 0.627. The predicted octanol–water partition coefficient (Wildman–Crippen LogP) is 4.70. The molecule has 1 amide bonds. The van der Waals surface area contributed by atoms with Gasteiger partial charge in [0.2, 0.25) is 5.91 Å². The number of allylic oxidation sites excluding steroid dienone is 1.